The first kappa shape index (κ1) is 50.9. The molecule has 1 amide bonds. The topological polar surface area (TPSA) is 169 Å². The highest BCUT2D eigenvalue weighted by Crippen LogP contribution is 2.23. The molecule has 7 N–H and O–H groups in total. The monoisotopic (exact) mass is 772 g/mol. The first-order chi connectivity index (χ1) is 26.3. The summed E-state index contributed by atoms with van der Waals surface area (Å²) in [5, 5.41) is 64.6. The molecule has 10 nitrogen and oxygen atoms in total. The summed E-state index contributed by atoms with van der Waals surface area (Å²) in [7, 11) is 0. The smallest absolute Gasteiger partial charge is 0.249 e. The van der Waals surface area contributed by atoms with Crippen LogP contribution in [0.25, 0.3) is 0 Å². The zero-order valence-corrected chi connectivity index (χ0v) is 34.6. The van der Waals surface area contributed by atoms with Gasteiger partial charge in [-0.2, -0.15) is 0 Å². The minimum absolute atomic E-state index is 0.301. The highest BCUT2D eigenvalue weighted by atomic mass is 16.7. The maximum Gasteiger partial charge on any atom is 0.249 e. The Kier molecular flexibility index (Phi) is 33.1. The zero-order valence-electron chi connectivity index (χ0n) is 34.6. The molecule has 0 radical (unpaired) electrons. The van der Waals surface area contributed by atoms with Crippen molar-refractivity contribution in [2.75, 3.05) is 13.2 Å². The molecule has 1 fully saturated rings. The average molecular weight is 772 g/mol. The Morgan fingerprint density at radius 2 is 1.06 bits per heavy atom. The molecule has 0 aromatic rings. The van der Waals surface area contributed by atoms with Crippen LogP contribution in [0.1, 0.15) is 200 Å². The highest BCUT2D eigenvalue weighted by Gasteiger charge is 2.44. The number of amides is 1. The second-order valence-corrected chi connectivity index (χ2v) is 16.0. The summed E-state index contributed by atoms with van der Waals surface area (Å²) in [6, 6.07) is -0.973. The maximum atomic E-state index is 13.0. The molecule has 0 spiro atoms. The Labute approximate surface area is 329 Å². The van der Waals surface area contributed by atoms with Crippen LogP contribution in [0, 0.1) is 0 Å². The number of aliphatic hydroxyl groups excluding tert-OH is 6. The second-order valence-electron chi connectivity index (χ2n) is 16.0. The molecular weight excluding hydrogens is 686 g/mol. The Morgan fingerprint density at radius 3 is 1.50 bits per heavy atom. The molecule has 1 aliphatic rings. The standard InChI is InChI=1S/C44H85NO9/c1-3-5-7-9-11-13-15-17-19-21-23-25-27-29-31-33-38(48)43(52)45-36(35-53-44-42(51)41(50)40(49)39(34-46)54-44)37(47)32-30-28-26-24-22-20-18-16-14-12-10-8-6-4-2/h30,32,36-42,44,46-51H,3-29,31,33-35H2,1-2H3,(H,45,52)/b32-30+. The molecule has 0 aromatic carbocycles. The Hall–Kier alpha value is -1.11. The predicted molar refractivity (Wildman–Crippen MR) is 218 cm³/mol. The van der Waals surface area contributed by atoms with E-state index in [4.69, 9.17) is 9.47 Å². The van der Waals surface area contributed by atoms with Crippen LogP contribution in [-0.2, 0) is 14.3 Å². The van der Waals surface area contributed by atoms with Crippen molar-refractivity contribution in [3.63, 3.8) is 0 Å². The molecule has 320 valence electrons. The number of aliphatic hydroxyl groups is 6. The van der Waals surface area contributed by atoms with Gasteiger partial charge in [-0.1, -0.05) is 193 Å². The van der Waals surface area contributed by atoms with Gasteiger partial charge < -0.3 is 45.4 Å². The average Bonchev–Trinajstić information content (AvgIpc) is 3.17. The third kappa shape index (κ3) is 25.2. The fraction of sp³-hybridized carbons (Fsp3) is 0.932. The van der Waals surface area contributed by atoms with Crippen molar-refractivity contribution in [2.24, 2.45) is 0 Å². The lowest BCUT2D eigenvalue weighted by molar-refractivity contribution is -0.302. The number of unbranched alkanes of at least 4 members (excludes halogenated alkanes) is 26. The third-order valence-electron chi connectivity index (χ3n) is 11.0. The van der Waals surface area contributed by atoms with Crippen LogP contribution in [0.3, 0.4) is 0 Å². The second kappa shape index (κ2) is 35.1. The zero-order chi connectivity index (χ0) is 39.7. The van der Waals surface area contributed by atoms with E-state index in [9.17, 15) is 35.4 Å². The normalized spacial score (nSPS) is 22.1. The van der Waals surface area contributed by atoms with E-state index in [1.54, 1.807) is 6.08 Å². The Balaban J connectivity index is 2.43. The van der Waals surface area contributed by atoms with Crippen molar-refractivity contribution >= 4 is 5.91 Å². The molecule has 1 saturated heterocycles. The molecule has 8 unspecified atom stereocenters. The molecular formula is C44H85NO9. The van der Waals surface area contributed by atoms with Gasteiger partial charge in [0.05, 0.1) is 25.4 Å². The number of carbonyl (C=O) groups is 1. The van der Waals surface area contributed by atoms with Gasteiger partial charge in [0.25, 0.3) is 0 Å². The third-order valence-corrected chi connectivity index (χ3v) is 11.0. The highest BCUT2D eigenvalue weighted by molar-refractivity contribution is 5.80. The van der Waals surface area contributed by atoms with Crippen LogP contribution in [0.15, 0.2) is 12.2 Å². The first-order valence-electron chi connectivity index (χ1n) is 22.5. The molecule has 8 atom stereocenters. The van der Waals surface area contributed by atoms with Crippen LogP contribution < -0.4 is 5.32 Å². The van der Waals surface area contributed by atoms with Gasteiger partial charge in [-0.05, 0) is 19.3 Å². The number of rotatable bonds is 37. The number of hydrogen-bond acceptors (Lipinski definition) is 9. The van der Waals surface area contributed by atoms with E-state index in [2.05, 4.69) is 19.2 Å². The number of nitrogens with one attached hydrogen (secondary N) is 1. The molecule has 1 rings (SSSR count). The minimum atomic E-state index is -1.61. The van der Waals surface area contributed by atoms with Crippen molar-refractivity contribution in [1.29, 1.82) is 0 Å². The summed E-state index contributed by atoms with van der Waals surface area (Å²) in [6.07, 6.45) is 28.6. The van der Waals surface area contributed by atoms with Gasteiger partial charge in [-0.3, -0.25) is 4.79 Å². The van der Waals surface area contributed by atoms with Crippen LogP contribution in [-0.4, -0.2) is 98.7 Å². The summed E-state index contributed by atoms with van der Waals surface area (Å²) in [6.45, 7) is 3.60. The lowest BCUT2D eigenvalue weighted by Crippen LogP contribution is -2.60. The molecule has 10 heteroatoms. The molecule has 0 aliphatic carbocycles. The van der Waals surface area contributed by atoms with E-state index in [0.717, 1.165) is 44.9 Å². The quantitative estimate of drug-likeness (QED) is 0.0245. The lowest BCUT2D eigenvalue weighted by atomic mass is 9.99. The summed E-state index contributed by atoms with van der Waals surface area (Å²) < 4.78 is 11.1. The van der Waals surface area contributed by atoms with Gasteiger partial charge >= 0.3 is 0 Å². The van der Waals surface area contributed by atoms with E-state index in [1.807, 2.05) is 6.08 Å². The van der Waals surface area contributed by atoms with Crippen molar-refractivity contribution in [3.8, 4) is 0 Å². The van der Waals surface area contributed by atoms with E-state index < -0.39 is 61.5 Å². The van der Waals surface area contributed by atoms with Crippen LogP contribution in [0.2, 0.25) is 0 Å². The summed E-state index contributed by atoms with van der Waals surface area (Å²) in [4.78, 5) is 13.0. The van der Waals surface area contributed by atoms with Crippen molar-refractivity contribution in [3.05, 3.63) is 12.2 Å². The van der Waals surface area contributed by atoms with E-state index in [1.165, 1.54) is 135 Å². The number of carbonyl (C=O) groups excluding carboxylic acids is 1. The van der Waals surface area contributed by atoms with E-state index in [-0.39, 0.29) is 6.61 Å². The minimum Gasteiger partial charge on any atom is -0.394 e. The van der Waals surface area contributed by atoms with Crippen molar-refractivity contribution in [1.82, 2.24) is 5.32 Å². The van der Waals surface area contributed by atoms with Crippen LogP contribution in [0.4, 0.5) is 0 Å². The fourth-order valence-electron chi connectivity index (χ4n) is 7.22. The summed E-state index contributed by atoms with van der Waals surface area (Å²) >= 11 is 0. The van der Waals surface area contributed by atoms with Gasteiger partial charge in [-0.25, -0.2) is 0 Å². The predicted octanol–water partition coefficient (Wildman–Crippen LogP) is 7.92. The van der Waals surface area contributed by atoms with Crippen molar-refractivity contribution < 1.29 is 44.9 Å². The van der Waals surface area contributed by atoms with Gasteiger partial charge in [0.1, 0.15) is 30.5 Å². The van der Waals surface area contributed by atoms with Crippen LogP contribution in [0.5, 0.6) is 0 Å². The molecule has 0 aromatic heterocycles. The molecule has 54 heavy (non-hydrogen) atoms. The van der Waals surface area contributed by atoms with Gasteiger partial charge in [-0.15, -0.1) is 0 Å². The molecule has 1 heterocycles. The molecule has 0 bridgehead atoms. The van der Waals surface area contributed by atoms with E-state index in [0.29, 0.717) is 6.42 Å². The largest absolute Gasteiger partial charge is 0.394 e. The Bertz CT molecular complexity index is 875. The molecule has 1 aliphatic heterocycles. The van der Waals surface area contributed by atoms with E-state index >= 15 is 0 Å². The number of ether oxygens (including phenoxy) is 2. The Morgan fingerprint density at radius 1 is 0.630 bits per heavy atom. The number of hydrogen-bond donors (Lipinski definition) is 7. The van der Waals surface area contributed by atoms with Gasteiger partial charge in [0.15, 0.2) is 6.29 Å². The lowest BCUT2D eigenvalue weighted by Gasteiger charge is -2.40. The fourth-order valence-corrected chi connectivity index (χ4v) is 7.22. The van der Waals surface area contributed by atoms with Gasteiger partial charge in [0, 0.05) is 0 Å². The number of allylic oxidation sites excluding steroid dienone is 1. The SMILES string of the molecule is CCCCCCCCCCCCCC/C=C/C(O)C(COC1OC(CO)C(O)C(O)C1O)NC(=O)C(O)CCCCCCCCCCCCCCCCC. The molecule has 0 saturated carbocycles. The maximum absolute atomic E-state index is 13.0. The summed E-state index contributed by atoms with van der Waals surface area (Å²) in [5.74, 6) is -0.615. The van der Waals surface area contributed by atoms with Gasteiger partial charge in [0.2, 0.25) is 5.91 Å². The summed E-state index contributed by atoms with van der Waals surface area (Å²) in [5.41, 5.74) is 0. The first-order valence-corrected chi connectivity index (χ1v) is 22.5. The van der Waals surface area contributed by atoms with Crippen molar-refractivity contribution in [2.45, 2.75) is 249 Å². The van der Waals surface area contributed by atoms with Crippen LogP contribution >= 0.6 is 0 Å².